The smallest absolute Gasteiger partial charge is 0.338 e. The summed E-state index contributed by atoms with van der Waals surface area (Å²) in [5.74, 6) is -0.655. The standard InChI is InChI=1S/C24H28N4O5S/c1-2-33-24(30)18-7-6-8-19(15-18)26-23(29)11-14-27-17-25-21-16-20(9-10-22(21)27)34(31,32)28-12-4-3-5-13-28/h6-10,15-17H,2-5,11-14H2,1H3,(H,26,29). The highest BCUT2D eigenvalue weighted by atomic mass is 32.2. The molecule has 3 aromatic rings. The predicted octanol–water partition coefficient (Wildman–Crippen LogP) is 3.42. The SMILES string of the molecule is CCOC(=O)c1cccc(NC(=O)CCn2cnc3cc(S(=O)(=O)N4CCCCC4)ccc32)c1. The number of sulfonamides is 1. The summed E-state index contributed by atoms with van der Waals surface area (Å²) >= 11 is 0. The highest BCUT2D eigenvalue weighted by Crippen LogP contribution is 2.24. The number of aromatic nitrogens is 2. The summed E-state index contributed by atoms with van der Waals surface area (Å²) in [6, 6.07) is 11.5. The van der Waals surface area contributed by atoms with E-state index in [1.807, 2.05) is 4.57 Å². The van der Waals surface area contributed by atoms with Crippen LogP contribution in [-0.2, 0) is 26.1 Å². The van der Waals surface area contributed by atoms with Crippen LogP contribution in [0.1, 0.15) is 43.0 Å². The molecule has 180 valence electrons. The minimum Gasteiger partial charge on any atom is -0.462 e. The molecule has 9 nitrogen and oxygen atoms in total. The van der Waals surface area contributed by atoms with Crippen molar-refractivity contribution in [3.8, 4) is 0 Å². The molecule has 4 rings (SSSR count). The number of anilines is 1. The maximum atomic E-state index is 12.9. The fourth-order valence-electron chi connectivity index (χ4n) is 4.02. The van der Waals surface area contributed by atoms with Gasteiger partial charge in [0.25, 0.3) is 0 Å². The molecule has 1 saturated heterocycles. The van der Waals surface area contributed by atoms with E-state index in [1.54, 1.807) is 55.7 Å². The first-order chi connectivity index (χ1) is 16.4. The fraction of sp³-hybridized carbons (Fsp3) is 0.375. The Labute approximate surface area is 198 Å². The number of nitrogens with one attached hydrogen (secondary N) is 1. The van der Waals surface area contributed by atoms with Crippen LogP contribution in [0, 0.1) is 0 Å². The highest BCUT2D eigenvalue weighted by Gasteiger charge is 2.26. The summed E-state index contributed by atoms with van der Waals surface area (Å²) in [5, 5.41) is 2.79. The number of rotatable bonds is 8. The van der Waals surface area contributed by atoms with Crippen LogP contribution in [0.4, 0.5) is 5.69 Å². The first-order valence-electron chi connectivity index (χ1n) is 11.4. The Kier molecular flexibility index (Phi) is 7.28. The lowest BCUT2D eigenvalue weighted by molar-refractivity contribution is -0.116. The first kappa shape index (κ1) is 23.9. The van der Waals surface area contributed by atoms with Gasteiger partial charge in [-0.05, 0) is 56.2 Å². The molecule has 34 heavy (non-hydrogen) atoms. The number of nitrogens with zero attached hydrogens (tertiary/aromatic N) is 3. The average Bonchev–Trinajstić information content (AvgIpc) is 3.26. The summed E-state index contributed by atoms with van der Waals surface area (Å²) in [7, 11) is -3.53. The van der Waals surface area contributed by atoms with Crippen molar-refractivity contribution in [3.63, 3.8) is 0 Å². The molecule has 1 amide bonds. The number of benzene rings is 2. The second kappa shape index (κ2) is 10.4. The molecule has 0 spiro atoms. The largest absolute Gasteiger partial charge is 0.462 e. The molecule has 2 heterocycles. The van der Waals surface area contributed by atoms with Crippen LogP contribution in [-0.4, -0.2) is 53.8 Å². The summed E-state index contributed by atoms with van der Waals surface area (Å²) < 4.78 is 34.2. The van der Waals surface area contributed by atoms with Crippen molar-refractivity contribution in [1.82, 2.24) is 13.9 Å². The maximum Gasteiger partial charge on any atom is 0.338 e. The van der Waals surface area contributed by atoms with Gasteiger partial charge in [0.05, 0.1) is 34.4 Å². The monoisotopic (exact) mass is 484 g/mol. The van der Waals surface area contributed by atoms with Gasteiger partial charge in [-0.1, -0.05) is 12.5 Å². The molecule has 1 N–H and O–H groups in total. The lowest BCUT2D eigenvalue weighted by atomic mass is 10.2. The van der Waals surface area contributed by atoms with Crippen LogP contribution >= 0.6 is 0 Å². The number of imidazole rings is 1. The lowest BCUT2D eigenvalue weighted by Gasteiger charge is -2.25. The molecule has 1 fully saturated rings. The van der Waals surface area contributed by atoms with Gasteiger partial charge in [-0.3, -0.25) is 4.79 Å². The number of carbonyl (C=O) groups excluding carboxylic acids is 2. The summed E-state index contributed by atoms with van der Waals surface area (Å²) in [6.07, 6.45) is 4.61. The molecular weight excluding hydrogens is 456 g/mol. The second-order valence-corrected chi connectivity index (χ2v) is 10.1. The molecule has 0 atom stereocenters. The van der Waals surface area contributed by atoms with E-state index in [0.29, 0.717) is 36.4 Å². The summed E-state index contributed by atoms with van der Waals surface area (Å²) in [6.45, 7) is 3.48. The van der Waals surface area contributed by atoms with Crippen molar-refractivity contribution in [3.05, 3.63) is 54.4 Å². The van der Waals surface area contributed by atoms with E-state index in [0.717, 1.165) is 24.8 Å². The molecule has 1 aromatic heterocycles. The van der Waals surface area contributed by atoms with E-state index in [1.165, 1.54) is 4.31 Å². The van der Waals surface area contributed by atoms with Crippen LogP contribution in [0.5, 0.6) is 0 Å². The third kappa shape index (κ3) is 5.28. The molecule has 0 bridgehead atoms. The molecule has 1 aliphatic rings. The van der Waals surface area contributed by atoms with Gasteiger partial charge in [-0.15, -0.1) is 0 Å². The average molecular weight is 485 g/mol. The molecule has 1 aliphatic heterocycles. The molecule has 0 aliphatic carbocycles. The number of aryl methyl sites for hydroxylation is 1. The molecule has 10 heteroatoms. The number of esters is 1. The Hall–Kier alpha value is -3.24. The van der Waals surface area contributed by atoms with Crippen molar-refractivity contribution in [2.45, 2.75) is 44.0 Å². The second-order valence-electron chi connectivity index (χ2n) is 8.15. The van der Waals surface area contributed by atoms with Crippen LogP contribution in [0.3, 0.4) is 0 Å². The van der Waals surface area contributed by atoms with Crippen molar-refractivity contribution in [2.75, 3.05) is 25.0 Å². The van der Waals surface area contributed by atoms with Gasteiger partial charge in [-0.25, -0.2) is 18.2 Å². The molecule has 0 saturated carbocycles. The van der Waals surface area contributed by atoms with Crippen molar-refractivity contribution in [2.24, 2.45) is 0 Å². The van der Waals surface area contributed by atoms with Gasteiger partial charge in [0, 0.05) is 31.7 Å². The van der Waals surface area contributed by atoms with Crippen LogP contribution in [0.2, 0.25) is 0 Å². The Morgan fingerprint density at radius 3 is 2.65 bits per heavy atom. The molecule has 0 radical (unpaired) electrons. The number of hydrogen-bond donors (Lipinski definition) is 1. The third-order valence-corrected chi connectivity index (χ3v) is 7.68. The maximum absolute atomic E-state index is 12.9. The zero-order valence-corrected chi connectivity index (χ0v) is 19.9. The third-order valence-electron chi connectivity index (χ3n) is 5.78. The molecule has 2 aromatic carbocycles. The van der Waals surface area contributed by atoms with Crippen molar-refractivity contribution in [1.29, 1.82) is 0 Å². The van der Waals surface area contributed by atoms with Crippen molar-refractivity contribution < 1.29 is 22.7 Å². The number of ether oxygens (including phenoxy) is 1. The summed E-state index contributed by atoms with van der Waals surface area (Å²) in [5.41, 5.74) is 2.21. The first-order valence-corrected chi connectivity index (χ1v) is 12.8. The molecular formula is C24H28N4O5S. The Bertz CT molecular complexity index is 1300. The topological polar surface area (TPSA) is 111 Å². The predicted molar refractivity (Wildman–Crippen MR) is 128 cm³/mol. The van der Waals surface area contributed by atoms with Crippen LogP contribution < -0.4 is 5.32 Å². The van der Waals surface area contributed by atoms with Gasteiger partial charge in [-0.2, -0.15) is 4.31 Å². The molecule has 0 unspecified atom stereocenters. The van der Waals surface area contributed by atoms with Gasteiger partial charge in [0.2, 0.25) is 15.9 Å². The van der Waals surface area contributed by atoms with E-state index in [-0.39, 0.29) is 23.8 Å². The summed E-state index contributed by atoms with van der Waals surface area (Å²) in [4.78, 5) is 28.9. The fourth-order valence-corrected chi connectivity index (χ4v) is 5.56. The number of fused-ring (bicyclic) bond motifs is 1. The van der Waals surface area contributed by atoms with Crippen molar-refractivity contribution >= 4 is 38.6 Å². The Morgan fingerprint density at radius 2 is 1.88 bits per heavy atom. The van der Waals surface area contributed by atoms with E-state index in [9.17, 15) is 18.0 Å². The van der Waals surface area contributed by atoms with Gasteiger partial charge < -0.3 is 14.6 Å². The van der Waals surface area contributed by atoms with E-state index >= 15 is 0 Å². The van der Waals surface area contributed by atoms with Gasteiger partial charge in [0.15, 0.2) is 0 Å². The quantitative estimate of drug-likeness (QED) is 0.491. The number of piperidine rings is 1. The van der Waals surface area contributed by atoms with Gasteiger partial charge >= 0.3 is 5.97 Å². The number of amides is 1. The minimum absolute atomic E-state index is 0.183. The van der Waals surface area contributed by atoms with Gasteiger partial charge in [0.1, 0.15) is 0 Å². The Morgan fingerprint density at radius 1 is 1.09 bits per heavy atom. The zero-order valence-electron chi connectivity index (χ0n) is 19.1. The van der Waals surface area contributed by atoms with Crippen LogP contribution in [0.25, 0.3) is 11.0 Å². The van der Waals surface area contributed by atoms with E-state index < -0.39 is 16.0 Å². The van der Waals surface area contributed by atoms with Crippen LogP contribution in [0.15, 0.2) is 53.7 Å². The zero-order chi connectivity index (χ0) is 24.1. The van der Waals surface area contributed by atoms with E-state index in [2.05, 4.69) is 10.3 Å². The normalized spacial score (nSPS) is 14.7. The number of carbonyl (C=O) groups is 2. The Balaban J connectivity index is 1.41. The van der Waals surface area contributed by atoms with E-state index in [4.69, 9.17) is 4.74 Å². The number of hydrogen-bond acceptors (Lipinski definition) is 6. The highest BCUT2D eigenvalue weighted by molar-refractivity contribution is 7.89. The lowest BCUT2D eigenvalue weighted by Crippen LogP contribution is -2.35. The minimum atomic E-state index is -3.53.